The number of carbonyl (C=O) groups is 1. The van der Waals surface area contributed by atoms with Gasteiger partial charge in [-0.25, -0.2) is 0 Å². The molecule has 0 aromatic rings. The monoisotopic (exact) mass is 389 g/mol. The summed E-state index contributed by atoms with van der Waals surface area (Å²) in [5.74, 6) is 0.629. The van der Waals surface area contributed by atoms with Crippen LogP contribution in [0.1, 0.15) is 74.7 Å². The van der Waals surface area contributed by atoms with E-state index in [2.05, 4.69) is 57.1 Å². The summed E-state index contributed by atoms with van der Waals surface area (Å²) in [5, 5.41) is 3.06. The molecule has 0 bridgehead atoms. The molecule has 4 heteroatoms. The number of allylic oxidation sites excluding steroid dienone is 3. The Morgan fingerprint density at radius 2 is 1.93 bits per heavy atom. The third kappa shape index (κ3) is 5.50. The maximum absolute atomic E-state index is 12.9. The minimum Gasteiger partial charge on any atom is -0.385 e. The summed E-state index contributed by atoms with van der Waals surface area (Å²) in [5.41, 5.74) is 8.43. The fourth-order valence-electron chi connectivity index (χ4n) is 3.38. The lowest BCUT2D eigenvalue weighted by Crippen LogP contribution is -2.51. The highest BCUT2D eigenvalue weighted by Gasteiger charge is 2.35. The van der Waals surface area contributed by atoms with Gasteiger partial charge in [0.15, 0.2) is 5.78 Å². The average Bonchev–Trinajstić information content (AvgIpc) is 2.64. The van der Waals surface area contributed by atoms with E-state index < -0.39 is 5.54 Å². The normalized spacial score (nSPS) is 19.1. The molecule has 1 aliphatic heterocycles. The molecule has 2 unspecified atom stereocenters. The Morgan fingerprint density at radius 1 is 1.32 bits per heavy atom. The van der Waals surface area contributed by atoms with Gasteiger partial charge in [-0.3, -0.25) is 4.79 Å². The van der Waals surface area contributed by atoms with Gasteiger partial charge in [0.25, 0.3) is 0 Å². The summed E-state index contributed by atoms with van der Waals surface area (Å²) in [4.78, 5) is 15.4. The smallest absolute Gasteiger partial charge is 0.198 e. The highest BCUT2D eigenvalue weighted by Crippen LogP contribution is 2.32. The van der Waals surface area contributed by atoms with Gasteiger partial charge in [0.05, 0.1) is 11.2 Å². The van der Waals surface area contributed by atoms with Crippen molar-refractivity contribution < 1.29 is 4.79 Å². The van der Waals surface area contributed by atoms with Gasteiger partial charge in [0.1, 0.15) is 0 Å². The van der Waals surface area contributed by atoms with E-state index in [-0.39, 0.29) is 17.2 Å². The summed E-state index contributed by atoms with van der Waals surface area (Å²) in [6.07, 6.45) is 10.0. The van der Waals surface area contributed by atoms with Gasteiger partial charge in [0.2, 0.25) is 0 Å². The van der Waals surface area contributed by atoms with E-state index in [4.69, 9.17) is 5.73 Å². The van der Waals surface area contributed by atoms with Crippen molar-refractivity contribution in [2.24, 2.45) is 17.6 Å². The van der Waals surface area contributed by atoms with Gasteiger partial charge in [-0.2, -0.15) is 0 Å². The first-order chi connectivity index (χ1) is 12.9. The molecular formula is C24H43N3O. The number of nitrogens with two attached hydrogens (primary N) is 1. The zero-order valence-electron chi connectivity index (χ0n) is 19.6. The van der Waals surface area contributed by atoms with Crippen molar-refractivity contribution in [3.05, 3.63) is 35.2 Å². The topological polar surface area (TPSA) is 58.4 Å². The molecule has 0 amide bonds. The summed E-state index contributed by atoms with van der Waals surface area (Å²) in [6, 6.07) is 0. The number of nitrogens with one attached hydrogen (secondary N) is 1. The van der Waals surface area contributed by atoms with E-state index in [1.165, 1.54) is 24.8 Å². The Balaban J connectivity index is 3.04. The van der Waals surface area contributed by atoms with E-state index in [1.54, 1.807) is 7.05 Å². The lowest BCUT2D eigenvalue weighted by atomic mass is 9.82. The first-order valence-corrected chi connectivity index (χ1v) is 10.8. The van der Waals surface area contributed by atoms with Crippen molar-refractivity contribution in [1.29, 1.82) is 0 Å². The lowest BCUT2D eigenvalue weighted by molar-refractivity contribution is -0.121. The van der Waals surface area contributed by atoms with Gasteiger partial charge >= 0.3 is 0 Å². The molecule has 2 atom stereocenters. The Morgan fingerprint density at radius 3 is 2.39 bits per heavy atom. The second-order valence-corrected chi connectivity index (χ2v) is 9.45. The molecule has 1 rings (SSSR count). The third-order valence-corrected chi connectivity index (χ3v) is 6.77. The van der Waals surface area contributed by atoms with Gasteiger partial charge in [0, 0.05) is 25.3 Å². The van der Waals surface area contributed by atoms with E-state index in [0.717, 1.165) is 12.1 Å². The highest BCUT2D eigenvalue weighted by atomic mass is 16.1. The molecule has 160 valence electrons. The Labute approximate surface area is 173 Å². The van der Waals surface area contributed by atoms with Crippen molar-refractivity contribution in [3.8, 4) is 0 Å². The lowest BCUT2D eigenvalue weighted by Gasteiger charge is -2.44. The minimum absolute atomic E-state index is 0.0466. The molecule has 0 saturated heterocycles. The largest absolute Gasteiger partial charge is 0.385 e. The predicted molar refractivity (Wildman–Crippen MR) is 121 cm³/mol. The van der Waals surface area contributed by atoms with Crippen LogP contribution in [0.15, 0.2) is 35.2 Å². The third-order valence-electron chi connectivity index (χ3n) is 6.77. The van der Waals surface area contributed by atoms with Gasteiger partial charge < -0.3 is 16.0 Å². The van der Waals surface area contributed by atoms with Crippen molar-refractivity contribution in [1.82, 2.24) is 10.2 Å². The Hall–Kier alpha value is -1.55. The number of ketones is 1. The van der Waals surface area contributed by atoms with Crippen LogP contribution in [0, 0.1) is 11.8 Å². The fourth-order valence-corrected chi connectivity index (χ4v) is 3.38. The van der Waals surface area contributed by atoms with Gasteiger partial charge in [-0.15, -0.1) is 0 Å². The first kappa shape index (κ1) is 24.5. The van der Waals surface area contributed by atoms with Crippen molar-refractivity contribution >= 4 is 5.78 Å². The van der Waals surface area contributed by atoms with Crippen molar-refractivity contribution in [2.45, 2.75) is 85.7 Å². The molecule has 0 saturated carbocycles. The van der Waals surface area contributed by atoms with Crippen LogP contribution in [0.2, 0.25) is 0 Å². The molecule has 0 radical (unpaired) electrons. The van der Waals surface area contributed by atoms with Crippen LogP contribution in [0.4, 0.5) is 0 Å². The molecule has 4 nitrogen and oxygen atoms in total. The van der Waals surface area contributed by atoms with Crippen LogP contribution in [0.3, 0.4) is 0 Å². The van der Waals surface area contributed by atoms with E-state index in [1.807, 2.05) is 26.8 Å². The van der Waals surface area contributed by atoms with Crippen LogP contribution < -0.4 is 11.1 Å². The minimum atomic E-state index is -0.884. The van der Waals surface area contributed by atoms with Crippen LogP contribution in [0.5, 0.6) is 0 Å². The maximum atomic E-state index is 12.9. The number of unbranched alkanes of at least 4 members (excludes halogenated alkanes) is 1. The summed E-state index contributed by atoms with van der Waals surface area (Å²) < 4.78 is 0. The zero-order chi connectivity index (χ0) is 21.7. The SMILES string of the molecule is CCCCC(C)C(C)(C)N1C=CC(/C=C(\NC)C(=O)C(C)(N)C(C)C)=C(C)C1. The van der Waals surface area contributed by atoms with E-state index >= 15 is 0 Å². The van der Waals surface area contributed by atoms with Crippen molar-refractivity contribution in [3.63, 3.8) is 0 Å². The number of hydrogen-bond acceptors (Lipinski definition) is 4. The number of nitrogens with zero attached hydrogens (tertiary/aromatic N) is 1. The first-order valence-electron chi connectivity index (χ1n) is 10.8. The molecule has 0 aromatic carbocycles. The van der Waals surface area contributed by atoms with Crippen LogP contribution >= 0.6 is 0 Å². The molecule has 0 spiro atoms. The van der Waals surface area contributed by atoms with Crippen LogP contribution in [-0.4, -0.2) is 35.4 Å². The number of hydrogen-bond donors (Lipinski definition) is 2. The second kappa shape index (κ2) is 9.78. The van der Waals surface area contributed by atoms with Gasteiger partial charge in [-0.05, 0) is 69.2 Å². The highest BCUT2D eigenvalue weighted by molar-refractivity contribution is 6.02. The maximum Gasteiger partial charge on any atom is 0.198 e. The number of likely N-dealkylation sites (N-methyl/N-ethyl adjacent to an activating group) is 1. The zero-order valence-corrected chi connectivity index (χ0v) is 19.6. The standard InChI is InChI=1S/C24H43N3O/c1-10-11-12-19(5)23(6,7)27-14-13-20(18(4)16-27)15-21(26-9)22(28)24(8,25)17(2)3/h13-15,17,19,26H,10-12,16,25H2,1-9H3/b21-15-. The molecule has 1 heterocycles. The molecule has 0 aliphatic carbocycles. The molecular weight excluding hydrogens is 346 g/mol. The summed E-state index contributed by atoms with van der Waals surface area (Å²) in [7, 11) is 1.79. The Kier molecular flexibility index (Phi) is 8.55. The Bertz CT molecular complexity index is 638. The molecule has 3 N–H and O–H groups in total. The van der Waals surface area contributed by atoms with Crippen LogP contribution in [-0.2, 0) is 4.79 Å². The summed E-state index contributed by atoms with van der Waals surface area (Å²) in [6.45, 7) is 18.1. The average molecular weight is 390 g/mol. The van der Waals surface area contributed by atoms with Crippen LogP contribution in [0.25, 0.3) is 0 Å². The molecule has 0 aromatic heterocycles. The summed E-state index contributed by atoms with van der Waals surface area (Å²) >= 11 is 0. The second-order valence-electron chi connectivity index (χ2n) is 9.45. The van der Waals surface area contributed by atoms with Gasteiger partial charge in [-0.1, -0.05) is 40.5 Å². The predicted octanol–water partition coefficient (Wildman–Crippen LogP) is 4.78. The van der Waals surface area contributed by atoms with Crippen molar-refractivity contribution in [2.75, 3.05) is 13.6 Å². The quantitative estimate of drug-likeness (QED) is 0.528. The fraction of sp³-hybridized carbons (Fsp3) is 0.708. The molecule has 0 fully saturated rings. The van der Waals surface area contributed by atoms with E-state index in [9.17, 15) is 4.79 Å². The number of Topliss-reactive ketones (excluding diaryl/α,β-unsaturated/α-hetero) is 1. The molecule has 1 aliphatic rings. The van der Waals surface area contributed by atoms with E-state index in [0.29, 0.717) is 11.6 Å². The molecule has 28 heavy (non-hydrogen) atoms. The number of carbonyl (C=O) groups excluding carboxylic acids is 1. The number of rotatable bonds is 10.